The smallest absolute Gasteiger partial charge is 1.00 e. The van der Waals surface area contributed by atoms with Gasteiger partial charge >= 0.3 is 23.1 Å². The Hall–Kier alpha value is 0.216. The van der Waals surface area contributed by atoms with Crippen LogP contribution in [0.3, 0.4) is 0 Å². The molecule has 2 aromatic rings. The third-order valence-corrected chi connectivity index (χ3v) is 5.53. The van der Waals surface area contributed by atoms with Crippen LogP contribution in [0, 0.1) is 0 Å². The summed E-state index contributed by atoms with van der Waals surface area (Å²) in [7, 11) is -0.679. The summed E-state index contributed by atoms with van der Waals surface area (Å²) in [6.45, 7) is 0. The first kappa shape index (κ1) is 15.3. The summed E-state index contributed by atoms with van der Waals surface area (Å²) in [5, 5.41) is 2.41. The molecule has 2 aromatic carbocycles. The molecule has 4 heteroatoms. The van der Waals surface area contributed by atoms with E-state index in [9.17, 15) is 0 Å². The fraction of sp³-hybridized carbons (Fsp3) is 0.0769. The Balaban J connectivity index is 0. The van der Waals surface area contributed by atoms with Gasteiger partial charge in [-0.3, -0.25) is 0 Å². The molecule has 0 bridgehead atoms. The summed E-state index contributed by atoms with van der Waals surface area (Å²) in [6, 6.07) is 20.4. The molecule has 0 spiro atoms. The van der Waals surface area contributed by atoms with E-state index in [2.05, 4.69) is 24.3 Å². The van der Waals surface area contributed by atoms with E-state index in [0.717, 1.165) is 0 Å². The fourth-order valence-corrected chi connectivity index (χ4v) is 4.64. The van der Waals surface area contributed by atoms with Gasteiger partial charge in [-0.25, -0.2) is 0 Å². The zero-order chi connectivity index (χ0) is 11.4. The second kappa shape index (κ2) is 7.61. The first-order valence-electron chi connectivity index (χ1n) is 4.96. The Morgan fingerprint density at radius 3 is 1.41 bits per heavy atom. The molecule has 0 radical (unpaired) electrons. The van der Waals surface area contributed by atoms with Gasteiger partial charge in [-0.2, -0.15) is 0 Å². The Labute approximate surface area is 132 Å². The number of benzene rings is 2. The molecular formula is C13H13Cl2MgP. The average Bonchev–Trinajstić information content (AvgIpc) is 2.31. The maximum absolute atomic E-state index is 6.11. The van der Waals surface area contributed by atoms with Crippen LogP contribution in [-0.4, -0.2) is 27.6 Å². The molecule has 86 valence electrons. The molecule has 0 saturated heterocycles. The minimum atomic E-state index is -0.679. The van der Waals surface area contributed by atoms with Gasteiger partial charge < -0.3 is 2.85 Å². The van der Waals surface area contributed by atoms with Crippen LogP contribution in [0.5, 0.6) is 0 Å². The van der Waals surface area contributed by atoms with E-state index < -0.39 is 7.92 Å². The summed E-state index contributed by atoms with van der Waals surface area (Å²) in [5.74, 6) is 0. The van der Waals surface area contributed by atoms with E-state index in [1.165, 1.54) is 10.6 Å². The molecule has 2 rings (SSSR count). The van der Waals surface area contributed by atoms with E-state index in [0.29, 0.717) is 0 Å². The topological polar surface area (TPSA) is 0 Å². The van der Waals surface area contributed by atoms with Crippen LogP contribution < -0.4 is 10.6 Å². The van der Waals surface area contributed by atoms with Crippen LogP contribution in [0.2, 0.25) is 0 Å². The van der Waals surface area contributed by atoms with Gasteiger partial charge in [-0.1, -0.05) is 83.9 Å². The van der Waals surface area contributed by atoms with Crippen molar-refractivity contribution in [3.05, 3.63) is 60.7 Å². The summed E-state index contributed by atoms with van der Waals surface area (Å²) < 4.78 is -0.375. The maximum Gasteiger partial charge on any atom is 2.00 e. The van der Waals surface area contributed by atoms with Crippen LogP contribution in [0.1, 0.15) is 2.85 Å². The maximum atomic E-state index is 6.11. The number of alkyl halides is 2. The minimum absolute atomic E-state index is 0. The Kier molecular flexibility index (Phi) is 6.83. The summed E-state index contributed by atoms with van der Waals surface area (Å²) in [5.41, 5.74) is 0. The molecule has 0 N–H and O–H groups in total. The van der Waals surface area contributed by atoms with Gasteiger partial charge in [0.25, 0.3) is 0 Å². The normalized spacial score (nSPS) is 10.4. The van der Waals surface area contributed by atoms with Crippen molar-refractivity contribution in [3.8, 4) is 0 Å². The molecule has 0 aliphatic heterocycles. The van der Waals surface area contributed by atoms with Gasteiger partial charge in [-0.15, -0.1) is 0 Å². The van der Waals surface area contributed by atoms with Crippen LogP contribution in [0.4, 0.5) is 0 Å². The van der Waals surface area contributed by atoms with Crippen molar-refractivity contribution in [2.24, 2.45) is 0 Å². The zero-order valence-electron chi connectivity index (χ0n) is 11.3. The molecule has 0 aliphatic rings. The molecule has 0 amide bonds. The van der Waals surface area contributed by atoms with Crippen molar-refractivity contribution >= 4 is 64.8 Å². The quantitative estimate of drug-likeness (QED) is 0.460. The van der Waals surface area contributed by atoms with E-state index in [1.807, 2.05) is 36.4 Å². The van der Waals surface area contributed by atoms with Gasteiger partial charge in [0.1, 0.15) is 4.58 Å². The molecule has 0 aromatic heterocycles. The molecule has 0 aliphatic carbocycles. The van der Waals surface area contributed by atoms with E-state index in [4.69, 9.17) is 23.2 Å². The molecule has 0 saturated carbocycles. The van der Waals surface area contributed by atoms with E-state index in [-0.39, 0.29) is 30.5 Å². The Morgan fingerprint density at radius 2 is 1.12 bits per heavy atom. The first-order chi connectivity index (χ1) is 7.79. The van der Waals surface area contributed by atoms with Crippen molar-refractivity contribution < 1.29 is 2.85 Å². The average molecular weight is 295 g/mol. The van der Waals surface area contributed by atoms with Gasteiger partial charge in [0.05, 0.1) is 0 Å². The molecule has 0 unspecified atom stereocenters. The summed E-state index contributed by atoms with van der Waals surface area (Å²) in [6.07, 6.45) is 0. The third-order valence-electron chi connectivity index (χ3n) is 2.26. The number of hydrogen-bond acceptors (Lipinski definition) is 0. The largest absolute Gasteiger partial charge is 2.00 e. The number of rotatable bonds is 3. The van der Waals surface area contributed by atoms with Crippen molar-refractivity contribution in [1.82, 2.24) is 0 Å². The zero-order valence-corrected chi connectivity index (χ0v) is 13.1. The van der Waals surface area contributed by atoms with Crippen LogP contribution >= 0.6 is 31.1 Å². The summed E-state index contributed by atoms with van der Waals surface area (Å²) in [4.78, 5) is 0. The van der Waals surface area contributed by atoms with E-state index in [1.54, 1.807) is 0 Å². The predicted molar refractivity (Wildman–Crippen MR) is 82.5 cm³/mol. The van der Waals surface area contributed by atoms with Gasteiger partial charge in [0.2, 0.25) is 0 Å². The monoisotopic (exact) mass is 294 g/mol. The predicted octanol–water partition coefficient (Wildman–Crippen LogP) is 3.72. The number of halogens is 2. The molecule has 0 fully saturated rings. The summed E-state index contributed by atoms with van der Waals surface area (Å²) >= 11 is 12.2. The standard InChI is InChI=1S/C13H11Cl2P.Mg.2H/c14-13(15)16(11-7-3-1-4-8-11)12-9-5-2-6-10-12;;;/h1-10,13H;;;/q;+2;2*-1. The first-order valence-corrected chi connectivity index (χ1v) is 7.25. The molecular weight excluding hydrogens is 282 g/mol. The fourth-order valence-electron chi connectivity index (χ4n) is 1.55. The van der Waals surface area contributed by atoms with Crippen molar-refractivity contribution in [2.75, 3.05) is 0 Å². The molecule has 17 heavy (non-hydrogen) atoms. The minimum Gasteiger partial charge on any atom is -1.00 e. The molecule has 0 atom stereocenters. The van der Waals surface area contributed by atoms with E-state index >= 15 is 0 Å². The Bertz CT molecular complexity index is 403. The molecule has 0 heterocycles. The number of hydrogen-bond donors (Lipinski definition) is 0. The van der Waals surface area contributed by atoms with Gasteiger partial charge in [0, 0.05) is 0 Å². The van der Waals surface area contributed by atoms with Crippen LogP contribution in [0.25, 0.3) is 0 Å². The van der Waals surface area contributed by atoms with Crippen molar-refractivity contribution in [3.63, 3.8) is 0 Å². The van der Waals surface area contributed by atoms with Gasteiger partial charge in [0.15, 0.2) is 0 Å². The van der Waals surface area contributed by atoms with Crippen molar-refractivity contribution in [2.45, 2.75) is 4.58 Å². The second-order valence-electron chi connectivity index (χ2n) is 3.32. The second-order valence-corrected chi connectivity index (χ2v) is 7.31. The van der Waals surface area contributed by atoms with Crippen LogP contribution in [-0.2, 0) is 0 Å². The van der Waals surface area contributed by atoms with Crippen LogP contribution in [0.15, 0.2) is 60.7 Å². The van der Waals surface area contributed by atoms with Crippen molar-refractivity contribution in [1.29, 1.82) is 0 Å². The molecule has 0 nitrogen and oxygen atoms in total. The van der Waals surface area contributed by atoms with Gasteiger partial charge in [-0.05, 0) is 18.5 Å². The Morgan fingerprint density at radius 1 is 0.765 bits per heavy atom. The third kappa shape index (κ3) is 4.12. The SMILES string of the molecule is ClC(Cl)P(c1ccccc1)c1ccccc1.[H-].[H-].[Mg+2].